The van der Waals surface area contributed by atoms with Gasteiger partial charge in [0.15, 0.2) is 5.82 Å². The standard InChI is InChI=1S/C21H32ClN7/c22-18-14-26-20(28-17(11-23)13-25-12-15-1-2-15)29-19(18)27-16-3-5-21(6-4-16)7-9-24-10-8-21/h11,13-16,23-25H,1-10,12H2,(H2,26,27,28,29)/b17-13+,23-11?. The fourth-order valence-corrected chi connectivity index (χ4v) is 4.60. The second-order valence-corrected chi connectivity index (χ2v) is 9.19. The highest BCUT2D eigenvalue weighted by atomic mass is 35.5. The van der Waals surface area contributed by atoms with Crippen molar-refractivity contribution in [1.82, 2.24) is 20.6 Å². The Bertz CT molecular complexity index is 731. The number of aromatic nitrogens is 2. The van der Waals surface area contributed by atoms with Crippen LogP contribution < -0.4 is 21.3 Å². The van der Waals surface area contributed by atoms with Gasteiger partial charge in [0.2, 0.25) is 5.95 Å². The maximum absolute atomic E-state index is 7.61. The molecule has 0 unspecified atom stereocenters. The first-order valence-electron chi connectivity index (χ1n) is 10.9. The van der Waals surface area contributed by atoms with Gasteiger partial charge in [0, 0.05) is 25.0 Å². The molecule has 2 aliphatic carbocycles. The average molecular weight is 418 g/mol. The third-order valence-electron chi connectivity index (χ3n) is 6.57. The lowest BCUT2D eigenvalue weighted by Gasteiger charge is -2.43. The van der Waals surface area contributed by atoms with E-state index >= 15 is 0 Å². The second-order valence-electron chi connectivity index (χ2n) is 8.78. The number of hydrogen-bond donors (Lipinski definition) is 5. The number of allylic oxidation sites excluding steroid dienone is 1. The van der Waals surface area contributed by atoms with E-state index in [1.54, 1.807) is 6.20 Å². The van der Waals surface area contributed by atoms with Crippen molar-refractivity contribution in [3.63, 3.8) is 0 Å². The Labute approximate surface area is 178 Å². The van der Waals surface area contributed by atoms with Crippen LogP contribution >= 0.6 is 11.6 Å². The SMILES string of the molecule is N=C/C(=C\NCC1CC1)Nc1ncc(Cl)c(NC2CCC3(CCNCC3)CC2)n1. The minimum absolute atomic E-state index is 0.397. The topological polar surface area (TPSA) is 97.8 Å². The first-order chi connectivity index (χ1) is 14.2. The van der Waals surface area contributed by atoms with E-state index in [9.17, 15) is 0 Å². The largest absolute Gasteiger partial charge is 0.389 e. The molecule has 158 valence electrons. The molecule has 29 heavy (non-hydrogen) atoms. The molecule has 0 atom stereocenters. The van der Waals surface area contributed by atoms with Crippen molar-refractivity contribution in [3.05, 3.63) is 23.1 Å². The molecule has 0 bridgehead atoms. The summed E-state index contributed by atoms with van der Waals surface area (Å²) in [7, 11) is 0. The maximum Gasteiger partial charge on any atom is 0.229 e. The van der Waals surface area contributed by atoms with E-state index < -0.39 is 0 Å². The Morgan fingerprint density at radius 3 is 2.66 bits per heavy atom. The van der Waals surface area contributed by atoms with Crippen molar-refractivity contribution in [2.24, 2.45) is 11.3 Å². The van der Waals surface area contributed by atoms with Gasteiger partial charge in [-0.05, 0) is 75.8 Å². The van der Waals surface area contributed by atoms with E-state index in [1.807, 2.05) is 6.20 Å². The van der Waals surface area contributed by atoms with Crippen molar-refractivity contribution in [2.75, 3.05) is 30.3 Å². The molecule has 1 saturated heterocycles. The molecular formula is C21H32ClN7. The van der Waals surface area contributed by atoms with Crippen LogP contribution in [0.15, 0.2) is 18.1 Å². The Balaban J connectivity index is 1.33. The highest BCUT2D eigenvalue weighted by Gasteiger charge is 2.36. The van der Waals surface area contributed by atoms with Gasteiger partial charge in [-0.3, -0.25) is 0 Å². The van der Waals surface area contributed by atoms with Gasteiger partial charge in [-0.25, -0.2) is 4.98 Å². The zero-order chi connectivity index (χ0) is 20.1. The maximum atomic E-state index is 7.61. The summed E-state index contributed by atoms with van der Waals surface area (Å²) < 4.78 is 0. The molecule has 8 heteroatoms. The number of rotatable bonds is 8. The minimum Gasteiger partial charge on any atom is -0.389 e. The third kappa shape index (κ3) is 5.60. The van der Waals surface area contributed by atoms with Crippen LogP contribution in [0, 0.1) is 16.7 Å². The van der Waals surface area contributed by atoms with E-state index in [4.69, 9.17) is 17.0 Å². The van der Waals surface area contributed by atoms with Gasteiger partial charge in [0.1, 0.15) is 5.02 Å². The Morgan fingerprint density at radius 1 is 1.21 bits per heavy atom. The van der Waals surface area contributed by atoms with E-state index in [0.29, 0.717) is 33.9 Å². The molecule has 0 radical (unpaired) electrons. The number of halogens is 1. The number of anilines is 2. The van der Waals surface area contributed by atoms with E-state index in [1.165, 1.54) is 44.7 Å². The van der Waals surface area contributed by atoms with Crippen LogP contribution in [-0.2, 0) is 0 Å². The van der Waals surface area contributed by atoms with Gasteiger partial charge < -0.3 is 26.7 Å². The average Bonchev–Trinajstić information content (AvgIpc) is 3.56. The van der Waals surface area contributed by atoms with Crippen LogP contribution in [0.25, 0.3) is 0 Å². The molecule has 5 N–H and O–H groups in total. The van der Waals surface area contributed by atoms with Gasteiger partial charge in [-0.15, -0.1) is 0 Å². The molecule has 1 aromatic rings. The van der Waals surface area contributed by atoms with E-state index in [0.717, 1.165) is 38.4 Å². The summed E-state index contributed by atoms with van der Waals surface area (Å²) in [6.07, 6.45) is 14.7. The summed E-state index contributed by atoms with van der Waals surface area (Å²) in [5.41, 5.74) is 1.17. The van der Waals surface area contributed by atoms with Crippen LogP contribution in [0.1, 0.15) is 51.4 Å². The van der Waals surface area contributed by atoms with Crippen molar-refractivity contribution in [2.45, 2.75) is 57.4 Å². The fraction of sp³-hybridized carbons (Fsp3) is 0.667. The summed E-state index contributed by atoms with van der Waals surface area (Å²) in [4.78, 5) is 8.84. The highest BCUT2D eigenvalue weighted by Crippen LogP contribution is 2.43. The lowest BCUT2D eigenvalue weighted by molar-refractivity contribution is 0.128. The highest BCUT2D eigenvalue weighted by molar-refractivity contribution is 6.32. The van der Waals surface area contributed by atoms with Crippen LogP contribution in [0.3, 0.4) is 0 Å². The molecule has 7 nitrogen and oxygen atoms in total. The van der Waals surface area contributed by atoms with Crippen molar-refractivity contribution < 1.29 is 0 Å². The lowest BCUT2D eigenvalue weighted by Crippen LogP contribution is -2.41. The van der Waals surface area contributed by atoms with Gasteiger partial charge in [-0.1, -0.05) is 11.6 Å². The minimum atomic E-state index is 0.397. The molecule has 1 spiro atoms. The van der Waals surface area contributed by atoms with Gasteiger partial charge in [0.25, 0.3) is 0 Å². The number of nitrogens with one attached hydrogen (secondary N) is 5. The predicted molar refractivity (Wildman–Crippen MR) is 119 cm³/mol. The lowest BCUT2D eigenvalue weighted by atomic mass is 9.67. The summed E-state index contributed by atoms with van der Waals surface area (Å²) in [5.74, 6) is 1.90. The monoisotopic (exact) mass is 417 g/mol. The van der Waals surface area contributed by atoms with Crippen LogP contribution in [-0.4, -0.2) is 41.9 Å². The molecule has 4 rings (SSSR count). The summed E-state index contributed by atoms with van der Waals surface area (Å²) in [5, 5.41) is 21.5. The van der Waals surface area contributed by atoms with E-state index in [-0.39, 0.29) is 0 Å². The summed E-state index contributed by atoms with van der Waals surface area (Å²) in [6, 6.07) is 0.397. The molecule has 1 aliphatic heterocycles. The second kappa shape index (κ2) is 9.30. The molecule has 0 aromatic carbocycles. The zero-order valence-electron chi connectivity index (χ0n) is 16.9. The van der Waals surface area contributed by atoms with Crippen LogP contribution in [0.5, 0.6) is 0 Å². The molecular weight excluding hydrogens is 386 g/mol. The molecule has 2 saturated carbocycles. The van der Waals surface area contributed by atoms with Crippen molar-refractivity contribution in [3.8, 4) is 0 Å². The fourth-order valence-electron chi connectivity index (χ4n) is 4.45. The van der Waals surface area contributed by atoms with Crippen molar-refractivity contribution in [1.29, 1.82) is 5.41 Å². The third-order valence-corrected chi connectivity index (χ3v) is 6.84. The van der Waals surface area contributed by atoms with Gasteiger partial charge in [0.05, 0.1) is 11.9 Å². The summed E-state index contributed by atoms with van der Waals surface area (Å²) >= 11 is 6.36. The molecule has 1 aromatic heterocycles. The Morgan fingerprint density at radius 2 is 1.97 bits per heavy atom. The number of piperidine rings is 1. The van der Waals surface area contributed by atoms with Gasteiger partial charge in [-0.2, -0.15) is 4.98 Å². The molecule has 3 fully saturated rings. The first kappa shape index (κ1) is 20.4. The predicted octanol–water partition coefficient (Wildman–Crippen LogP) is 3.76. The normalized spacial score (nSPS) is 22.3. The number of nitrogens with zero attached hydrogens (tertiary/aromatic N) is 2. The molecule has 0 amide bonds. The smallest absolute Gasteiger partial charge is 0.229 e. The quantitative estimate of drug-likeness (QED) is 0.413. The van der Waals surface area contributed by atoms with Crippen LogP contribution in [0.2, 0.25) is 5.02 Å². The number of hydrogen-bond acceptors (Lipinski definition) is 7. The zero-order valence-corrected chi connectivity index (χ0v) is 17.7. The van der Waals surface area contributed by atoms with Crippen LogP contribution in [0.4, 0.5) is 11.8 Å². The first-order valence-corrected chi connectivity index (χ1v) is 11.2. The Hall–Kier alpha value is -1.86. The Kier molecular flexibility index (Phi) is 6.55. The van der Waals surface area contributed by atoms with Gasteiger partial charge >= 0.3 is 0 Å². The van der Waals surface area contributed by atoms with E-state index in [2.05, 4.69) is 31.2 Å². The molecule has 2 heterocycles. The summed E-state index contributed by atoms with van der Waals surface area (Å²) in [6.45, 7) is 3.26. The molecule has 3 aliphatic rings. The van der Waals surface area contributed by atoms with Crippen molar-refractivity contribution >= 4 is 29.6 Å².